The van der Waals surface area contributed by atoms with Gasteiger partial charge in [0.1, 0.15) is 0 Å². The lowest BCUT2D eigenvalue weighted by Crippen LogP contribution is -2.28. The predicted octanol–water partition coefficient (Wildman–Crippen LogP) is 5.55. The van der Waals surface area contributed by atoms with Crippen molar-refractivity contribution < 1.29 is 0 Å². The molecule has 4 heteroatoms. The molecule has 0 spiro atoms. The van der Waals surface area contributed by atoms with Crippen LogP contribution in [0, 0.1) is 4.77 Å². The normalized spacial score (nSPS) is 13.4. The van der Waals surface area contributed by atoms with Gasteiger partial charge in [-0.15, -0.1) is 0 Å². The van der Waals surface area contributed by atoms with Crippen LogP contribution >= 0.6 is 20.3 Å². The van der Waals surface area contributed by atoms with Crippen LogP contribution in [0.15, 0.2) is 24.3 Å². The summed E-state index contributed by atoms with van der Waals surface area (Å²) in [6.45, 7) is 14.0. The highest BCUT2D eigenvalue weighted by molar-refractivity contribution is 7.72. The zero-order valence-corrected chi connectivity index (χ0v) is 15.3. The van der Waals surface area contributed by atoms with Gasteiger partial charge in [-0.1, -0.05) is 53.7 Å². The Morgan fingerprint density at radius 3 is 1.80 bits per heavy atom. The predicted molar refractivity (Wildman–Crippen MR) is 93.6 cm³/mol. The van der Waals surface area contributed by atoms with Crippen LogP contribution in [0.5, 0.6) is 0 Å². The largest absolute Gasteiger partial charge is 0.320 e. The van der Waals surface area contributed by atoms with E-state index in [-0.39, 0.29) is 10.3 Å². The van der Waals surface area contributed by atoms with Gasteiger partial charge in [0.05, 0.1) is 11.0 Å². The molecule has 0 saturated heterocycles. The van der Waals surface area contributed by atoms with Crippen molar-refractivity contribution in [2.45, 2.75) is 51.9 Å². The molecule has 110 valence electrons. The second-order valence-corrected chi connectivity index (χ2v) is 11.4. The van der Waals surface area contributed by atoms with E-state index in [0.29, 0.717) is 0 Å². The lowest BCUT2D eigenvalue weighted by atomic mass is 10.2. The minimum atomic E-state index is -0.446. The molecular formula is C16H25N2PS. The number of benzene rings is 1. The highest BCUT2D eigenvalue weighted by atomic mass is 32.1. The second kappa shape index (κ2) is 4.96. The van der Waals surface area contributed by atoms with E-state index in [0.717, 1.165) is 4.77 Å². The molecule has 0 radical (unpaired) electrons. The molecule has 0 fully saturated rings. The van der Waals surface area contributed by atoms with Crippen LogP contribution in [0.3, 0.4) is 0 Å². The maximum Gasteiger partial charge on any atom is 0.183 e. The third-order valence-electron chi connectivity index (χ3n) is 3.41. The van der Waals surface area contributed by atoms with Crippen LogP contribution in [0.25, 0.3) is 11.0 Å². The first-order valence-corrected chi connectivity index (χ1v) is 8.72. The Balaban J connectivity index is 2.86. The van der Waals surface area contributed by atoms with Gasteiger partial charge in [0.15, 0.2) is 4.77 Å². The lowest BCUT2D eigenvalue weighted by molar-refractivity contribution is 0.691. The van der Waals surface area contributed by atoms with E-state index >= 15 is 0 Å². The maximum absolute atomic E-state index is 5.75. The SMILES string of the molecule is Cn1c(=S)n(P(C(C)(C)C)C(C)(C)C)c2ccccc21. The third-order valence-corrected chi connectivity index (χ3v) is 7.35. The Bertz CT molecular complexity index is 669. The van der Waals surface area contributed by atoms with Crippen LogP contribution in [-0.4, -0.2) is 19.2 Å². The van der Waals surface area contributed by atoms with Crippen LogP contribution in [0.2, 0.25) is 0 Å². The summed E-state index contributed by atoms with van der Waals surface area (Å²) in [5, 5.41) is 0.409. The van der Waals surface area contributed by atoms with E-state index in [9.17, 15) is 0 Å². The van der Waals surface area contributed by atoms with Gasteiger partial charge in [0.2, 0.25) is 0 Å². The summed E-state index contributed by atoms with van der Waals surface area (Å²) < 4.78 is 5.49. The maximum atomic E-state index is 5.75. The van der Waals surface area contributed by atoms with Gasteiger partial charge in [-0.25, -0.2) is 0 Å². The fraction of sp³-hybridized carbons (Fsp3) is 0.562. The van der Waals surface area contributed by atoms with Crippen LogP contribution < -0.4 is 0 Å². The first-order chi connectivity index (χ1) is 9.05. The van der Waals surface area contributed by atoms with E-state index in [4.69, 9.17) is 12.2 Å². The van der Waals surface area contributed by atoms with Gasteiger partial charge in [-0.05, 0) is 24.4 Å². The van der Waals surface area contributed by atoms with Gasteiger partial charge < -0.3 is 4.57 Å². The Morgan fingerprint density at radius 2 is 1.35 bits per heavy atom. The molecule has 0 aliphatic rings. The Kier molecular flexibility index (Phi) is 3.90. The fourth-order valence-electron chi connectivity index (χ4n) is 3.07. The monoisotopic (exact) mass is 308 g/mol. The topological polar surface area (TPSA) is 9.86 Å². The summed E-state index contributed by atoms with van der Waals surface area (Å²) in [5.74, 6) is 0. The van der Waals surface area contributed by atoms with E-state index in [2.05, 4.69) is 81.8 Å². The zero-order valence-electron chi connectivity index (χ0n) is 13.6. The molecule has 0 N–H and O–H groups in total. The lowest BCUT2D eigenvalue weighted by Gasteiger charge is -2.41. The van der Waals surface area contributed by atoms with Gasteiger partial charge in [-0.3, -0.25) is 4.34 Å². The molecule has 1 aromatic carbocycles. The van der Waals surface area contributed by atoms with Gasteiger partial charge in [0, 0.05) is 25.4 Å². The van der Waals surface area contributed by atoms with Crippen molar-refractivity contribution in [2.24, 2.45) is 7.05 Å². The molecule has 2 rings (SSSR count). The molecular weight excluding hydrogens is 283 g/mol. The standard InChI is InChI=1S/C16H25N2PS/c1-15(2,3)19(16(4,5)6)18-13-11-9-8-10-12(13)17(7)14(18)20/h8-11H,1-7H3. The molecule has 0 aliphatic heterocycles. The molecule has 2 nitrogen and oxygen atoms in total. The first-order valence-electron chi connectivity index (χ1n) is 7.02. The average molecular weight is 308 g/mol. The molecule has 2 aromatic rings. The summed E-state index contributed by atoms with van der Waals surface area (Å²) in [4.78, 5) is 0. The van der Waals surface area contributed by atoms with Crippen molar-refractivity contribution in [2.75, 3.05) is 0 Å². The van der Waals surface area contributed by atoms with Crippen LogP contribution in [0.1, 0.15) is 41.5 Å². The van der Waals surface area contributed by atoms with Crippen LogP contribution in [0.4, 0.5) is 0 Å². The summed E-state index contributed by atoms with van der Waals surface area (Å²) in [5.41, 5.74) is 2.48. The third kappa shape index (κ3) is 2.58. The van der Waals surface area contributed by atoms with Gasteiger partial charge in [0.25, 0.3) is 0 Å². The van der Waals surface area contributed by atoms with E-state index < -0.39 is 8.07 Å². The number of fused-ring (bicyclic) bond motifs is 1. The molecule has 0 atom stereocenters. The number of aromatic nitrogens is 2. The van der Waals surface area contributed by atoms with E-state index in [1.165, 1.54) is 11.0 Å². The molecule has 1 heterocycles. The number of para-hydroxylation sites is 2. The van der Waals surface area contributed by atoms with Gasteiger partial charge >= 0.3 is 0 Å². The second-order valence-electron chi connectivity index (χ2n) is 7.30. The molecule has 0 bridgehead atoms. The van der Waals surface area contributed by atoms with Crippen molar-refractivity contribution in [3.63, 3.8) is 0 Å². The van der Waals surface area contributed by atoms with Crippen LogP contribution in [-0.2, 0) is 7.05 Å². The first kappa shape index (κ1) is 15.7. The average Bonchev–Trinajstić information content (AvgIpc) is 2.52. The van der Waals surface area contributed by atoms with Gasteiger partial charge in [-0.2, -0.15) is 0 Å². The Hall–Kier alpha value is -0.660. The summed E-state index contributed by atoms with van der Waals surface area (Å²) >= 11 is 5.75. The van der Waals surface area contributed by atoms with Crippen molar-refractivity contribution in [1.82, 2.24) is 8.90 Å². The minimum absolute atomic E-state index is 0.204. The summed E-state index contributed by atoms with van der Waals surface area (Å²) in [7, 11) is 1.62. The number of aryl methyl sites for hydroxylation is 1. The quantitative estimate of drug-likeness (QED) is 0.496. The zero-order chi connectivity index (χ0) is 15.3. The van der Waals surface area contributed by atoms with Crippen molar-refractivity contribution >= 4 is 31.3 Å². The van der Waals surface area contributed by atoms with Crippen molar-refractivity contribution in [3.05, 3.63) is 29.0 Å². The van der Waals surface area contributed by atoms with E-state index in [1.54, 1.807) is 0 Å². The number of hydrogen-bond acceptors (Lipinski definition) is 1. The Labute approximate surface area is 128 Å². The number of rotatable bonds is 1. The smallest absolute Gasteiger partial charge is 0.183 e. The number of hydrogen-bond donors (Lipinski definition) is 0. The van der Waals surface area contributed by atoms with Crippen molar-refractivity contribution in [1.29, 1.82) is 0 Å². The van der Waals surface area contributed by atoms with Crippen molar-refractivity contribution in [3.8, 4) is 0 Å². The number of nitrogens with zero attached hydrogens (tertiary/aromatic N) is 2. The summed E-state index contributed by atoms with van der Waals surface area (Å²) in [6.07, 6.45) is 0. The molecule has 20 heavy (non-hydrogen) atoms. The number of imidazole rings is 1. The molecule has 0 amide bonds. The fourth-order valence-corrected chi connectivity index (χ4v) is 7.42. The molecule has 0 unspecified atom stereocenters. The molecule has 1 aromatic heterocycles. The van der Waals surface area contributed by atoms with E-state index in [1.807, 2.05) is 0 Å². The molecule has 0 saturated carbocycles. The molecule has 0 aliphatic carbocycles. The minimum Gasteiger partial charge on any atom is -0.320 e. The highest BCUT2D eigenvalue weighted by Crippen LogP contribution is 2.61. The summed E-state index contributed by atoms with van der Waals surface area (Å²) in [6, 6.07) is 8.53. The highest BCUT2D eigenvalue weighted by Gasteiger charge is 2.37. The Morgan fingerprint density at radius 1 is 0.900 bits per heavy atom.